The van der Waals surface area contributed by atoms with Crippen molar-refractivity contribution >= 4 is 21.5 Å². The van der Waals surface area contributed by atoms with Gasteiger partial charge in [-0.1, -0.05) is 24.3 Å². The largest absolute Gasteiger partial charge is 0.507 e. The summed E-state index contributed by atoms with van der Waals surface area (Å²) in [6.45, 7) is 0. The Labute approximate surface area is 183 Å². The van der Waals surface area contributed by atoms with Crippen molar-refractivity contribution in [3.8, 4) is 34.0 Å². The molecule has 0 saturated carbocycles. The van der Waals surface area contributed by atoms with Crippen molar-refractivity contribution in [3.63, 3.8) is 0 Å². The summed E-state index contributed by atoms with van der Waals surface area (Å²) in [5.41, 5.74) is 3.07. The van der Waals surface area contributed by atoms with Gasteiger partial charge in [-0.2, -0.15) is 0 Å². The first-order valence-electron chi connectivity index (χ1n) is 10.2. The molecule has 0 bridgehead atoms. The number of nitrogens with zero attached hydrogens (tertiary/aromatic N) is 4. The lowest BCUT2D eigenvalue weighted by atomic mass is 9.91. The molecule has 0 fully saturated rings. The van der Waals surface area contributed by atoms with E-state index in [0.717, 1.165) is 32.9 Å². The first-order valence-corrected chi connectivity index (χ1v) is 10.2. The molecule has 6 heteroatoms. The maximum absolute atomic E-state index is 11.0. The Bertz CT molecular complexity index is 1460. The van der Waals surface area contributed by atoms with Crippen LogP contribution in [0.2, 0.25) is 0 Å². The highest BCUT2D eigenvalue weighted by molar-refractivity contribution is 6.12. The van der Waals surface area contributed by atoms with Crippen LogP contribution in [-0.2, 0) is 0 Å². The Kier molecular flexibility index (Phi) is 3.98. The fraction of sp³-hybridized carbons (Fsp3) is 0. The highest BCUT2D eigenvalue weighted by atomic mass is 16.3. The van der Waals surface area contributed by atoms with Crippen LogP contribution in [0.5, 0.6) is 11.5 Å². The summed E-state index contributed by atoms with van der Waals surface area (Å²) in [6.07, 6.45) is 10.7. The topological polar surface area (TPSA) is 76.1 Å². The van der Waals surface area contributed by atoms with Gasteiger partial charge in [-0.25, -0.2) is 9.97 Å². The third kappa shape index (κ3) is 2.66. The van der Waals surface area contributed by atoms with Gasteiger partial charge in [-0.3, -0.25) is 0 Å². The minimum Gasteiger partial charge on any atom is -0.507 e. The van der Waals surface area contributed by atoms with Gasteiger partial charge >= 0.3 is 0 Å². The molecule has 0 amide bonds. The van der Waals surface area contributed by atoms with Crippen LogP contribution in [-0.4, -0.2) is 29.3 Å². The number of aromatic nitrogens is 4. The summed E-state index contributed by atoms with van der Waals surface area (Å²) in [5.74, 6) is 0.215. The number of imidazole rings is 2. The highest BCUT2D eigenvalue weighted by Crippen LogP contribution is 2.46. The van der Waals surface area contributed by atoms with Crippen LogP contribution in [0, 0.1) is 0 Å². The van der Waals surface area contributed by atoms with Gasteiger partial charge in [0.1, 0.15) is 11.5 Å². The number of hydrogen-bond acceptors (Lipinski definition) is 4. The number of benzene rings is 4. The third-order valence-corrected chi connectivity index (χ3v) is 5.85. The molecule has 0 unspecified atom stereocenters. The summed E-state index contributed by atoms with van der Waals surface area (Å²) >= 11 is 0. The second-order valence-corrected chi connectivity index (χ2v) is 7.60. The molecule has 32 heavy (non-hydrogen) atoms. The number of phenolic OH excluding ortho intramolecular Hbond substituents is 2. The first kappa shape index (κ1) is 18.2. The van der Waals surface area contributed by atoms with E-state index < -0.39 is 0 Å². The molecule has 0 aliphatic heterocycles. The van der Waals surface area contributed by atoms with Gasteiger partial charge in [-0.05, 0) is 47.2 Å². The van der Waals surface area contributed by atoms with E-state index in [1.807, 2.05) is 70.1 Å². The summed E-state index contributed by atoms with van der Waals surface area (Å²) in [6, 6.07) is 19.0. The zero-order valence-corrected chi connectivity index (χ0v) is 16.9. The van der Waals surface area contributed by atoms with Crippen molar-refractivity contribution in [3.05, 3.63) is 98.1 Å². The van der Waals surface area contributed by atoms with Crippen LogP contribution in [0.3, 0.4) is 0 Å². The minimum absolute atomic E-state index is 0.108. The Hall–Kier alpha value is -4.58. The SMILES string of the molecule is Oc1ccc2c(-n3ccnc3)cccc2c1-c1c(O)ccc2c(-n3ccnc3)cccc12. The van der Waals surface area contributed by atoms with Crippen LogP contribution >= 0.6 is 0 Å². The number of phenols is 2. The lowest BCUT2D eigenvalue weighted by Gasteiger charge is -2.17. The summed E-state index contributed by atoms with van der Waals surface area (Å²) in [4.78, 5) is 8.32. The van der Waals surface area contributed by atoms with Gasteiger partial charge in [0.15, 0.2) is 0 Å². The zero-order chi connectivity index (χ0) is 21.7. The number of aromatic hydroxyl groups is 2. The van der Waals surface area contributed by atoms with E-state index in [2.05, 4.69) is 9.97 Å². The fourth-order valence-electron chi connectivity index (χ4n) is 4.44. The molecule has 0 radical (unpaired) electrons. The lowest BCUT2D eigenvalue weighted by molar-refractivity contribution is 0.470. The smallest absolute Gasteiger partial charge is 0.124 e. The molecule has 0 saturated heterocycles. The van der Waals surface area contributed by atoms with Gasteiger partial charge in [0.05, 0.1) is 24.0 Å². The molecule has 2 aromatic heterocycles. The van der Waals surface area contributed by atoms with E-state index in [-0.39, 0.29) is 11.5 Å². The molecular formula is C26H18N4O2. The third-order valence-electron chi connectivity index (χ3n) is 5.85. The molecule has 0 spiro atoms. The van der Waals surface area contributed by atoms with E-state index in [0.29, 0.717) is 11.1 Å². The summed E-state index contributed by atoms with van der Waals surface area (Å²) in [5, 5.41) is 25.5. The van der Waals surface area contributed by atoms with Crippen molar-refractivity contribution in [1.82, 2.24) is 19.1 Å². The predicted octanol–water partition coefficient (Wildman–Crippen LogP) is 5.44. The van der Waals surface area contributed by atoms with Crippen LogP contribution < -0.4 is 0 Å². The number of hydrogen-bond donors (Lipinski definition) is 2. The van der Waals surface area contributed by atoms with E-state index in [1.54, 1.807) is 37.2 Å². The molecule has 0 atom stereocenters. The molecule has 6 rings (SSSR count). The normalized spacial score (nSPS) is 11.4. The van der Waals surface area contributed by atoms with Gasteiger partial charge < -0.3 is 19.3 Å². The van der Waals surface area contributed by atoms with Gasteiger partial charge in [0, 0.05) is 46.7 Å². The van der Waals surface area contributed by atoms with Crippen LogP contribution in [0.25, 0.3) is 44.0 Å². The molecular weight excluding hydrogens is 400 g/mol. The van der Waals surface area contributed by atoms with Crippen LogP contribution in [0.4, 0.5) is 0 Å². The lowest BCUT2D eigenvalue weighted by Crippen LogP contribution is -1.95. The Balaban J connectivity index is 1.71. The Morgan fingerprint density at radius 2 is 1.00 bits per heavy atom. The molecule has 6 aromatic rings. The minimum atomic E-state index is 0.108. The van der Waals surface area contributed by atoms with E-state index in [4.69, 9.17) is 0 Å². The van der Waals surface area contributed by atoms with E-state index in [1.165, 1.54) is 0 Å². The van der Waals surface area contributed by atoms with Crippen LogP contribution in [0.15, 0.2) is 98.1 Å². The molecule has 0 aliphatic carbocycles. The molecule has 154 valence electrons. The van der Waals surface area contributed by atoms with Gasteiger partial charge in [0.25, 0.3) is 0 Å². The van der Waals surface area contributed by atoms with Crippen molar-refractivity contribution in [1.29, 1.82) is 0 Å². The average molecular weight is 418 g/mol. The fourth-order valence-corrected chi connectivity index (χ4v) is 4.44. The van der Waals surface area contributed by atoms with Gasteiger partial charge in [0.2, 0.25) is 0 Å². The maximum atomic E-state index is 11.0. The number of fused-ring (bicyclic) bond motifs is 2. The van der Waals surface area contributed by atoms with Crippen molar-refractivity contribution in [2.24, 2.45) is 0 Å². The summed E-state index contributed by atoms with van der Waals surface area (Å²) in [7, 11) is 0. The highest BCUT2D eigenvalue weighted by Gasteiger charge is 2.19. The molecule has 2 N–H and O–H groups in total. The van der Waals surface area contributed by atoms with Crippen LogP contribution in [0.1, 0.15) is 0 Å². The van der Waals surface area contributed by atoms with Crippen molar-refractivity contribution in [2.75, 3.05) is 0 Å². The zero-order valence-electron chi connectivity index (χ0n) is 16.9. The summed E-state index contributed by atoms with van der Waals surface area (Å²) < 4.78 is 3.87. The molecule has 0 aliphatic rings. The molecule has 4 aromatic carbocycles. The first-order chi connectivity index (χ1) is 15.7. The molecule has 2 heterocycles. The van der Waals surface area contributed by atoms with E-state index in [9.17, 15) is 10.2 Å². The quantitative estimate of drug-likeness (QED) is 0.401. The van der Waals surface area contributed by atoms with Crippen molar-refractivity contribution < 1.29 is 10.2 Å². The monoisotopic (exact) mass is 418 g/mol. The second kappa shape index (κ2) is 6.99. The average Bonchev–Trinajstić information content (AvgIpc) is 3.53. The van der Waals surface area contributed by atoms with Gasteiger partial charge in [-0.15, -0.1) is 0 Å². The predicted molar refractivity (Wildman–Crippen MR) is 124 cm³/mol. The number of rotatable bonds is 3. The van der Waals surface area contributed by atoms with E-state index >= 15 is 0 Å². The van der Waals surface area contributed by atoms with Crippen molar-refractivity contribution in [2.45, 2.75) is 0 Å². The Morgan fingerprint density at radius 1 is 0.531 bits per heavy atom. The maximum Gasteiger partial charge on any atom is 0.124 e. The second-order valence-electron chi connectivity index (χ2n) is 7.60. The standard InChI is InChI=1S/C26H18N4O2/c31-23-9-7-17-19(3-1-5-21(17)29-13-11-27-15-29)25(23)26-20-4-2-6-22(30-14-12-28-16-30)18(20)8-10-24(26)32/h1-16,31-32H. The Morgan fingerprint density at radius 3 is 1.41 bits per heavy atom. The molecule has 6 nitrogen and oxygen atoms in total.